The van der Waals surface area contributed by atoms with Gasteiger partial charge in [0.15, 0.2) is 0 Å². The number of aromatic hydroxyl groups is 1. The predicted octanol–water partition coefficient (Wildman–Crippen LogP) is 2.11. The molecule has 0 aliphatic carbocycles. The lowest BCUT2D eigenvalue weighted by molar-refractivity contribution is -0.122. The van der Waals surface area contributed by atoms with E-state index in [0.29, 0.717) is 19.1 Å². The zero-order valence-corrected chi connectivity index (χ0v) is 11.8. The summed E-state index contributed by atoms with van der Waals surface area (Å²) in [5.41, 5.74) is 0.802. The summed E-state index contributed by atoms with van der Waals surface area (Å²) in [6.45, 7) is 7.22. The Morgan fingerprint density at radius 2 is 2.16 bits per heavy atom. The molecule has 106 valence electrons. The molecular weight excluding hydrogens is 242 g/mol. The number of carbonyl (C=O) groups is 1. The van der Waals surface area contributed by atoms with Gasteiger partial charge in [-0.15, -0.1) is 0 Å². The molecule has 1 unspecified atom stereocenters. The number of ether oxygens (including phenoxy) is 1. The predicted molar refractivity (Wildman–Crippen MR) is 75.1 cm³/mol. The highest BCUT2D eigenvalue weighted by atomic mass is 16.5. The Morgan fingerprint density at radius 1 is 1.42 bits per heavy atom. The molecule has 0 aromatic heterocycles. The quantitative estimate of drug-likeness (QED) is 0.794. The summed E-state index contributed by atoms with van der Waals surface area (Å²) in [5, 5.41) is 12.3. The van der Waals surface area contributed by atoms with Crippen molar-refractivity contribution in [3.8, 4) is 5.75 Å². The smallest absolute Gasteiger partial charge is 0.224 e. The highest BCUT2D eigenvalue weighted by Crippen LogP contribution is 2.11. The molecule has 1 amide bonds. The van der Waals surface area contributed by atoms with Crippen molar-refractivity contribution in [3.05, 3.63) is 29.8 Å². The van der Waals surface area contributed by atoms with Crippen LogP contribution in [0.2, 0.25) is 0 Å². The molecule has 0 saturated carbocycles. The van der Waals surface area contributed by atoms with Gasteiger partial charge < -0.3 is 15.2 Å². The van der Waals surface area contributed by atoms with Gasteiger partial charge in [-0.25, -0.2) is 0 Å². The molecule has 0 bridgehead atoms. The van der Waals surface area contributed by atoms with Gasteiger partial charge in [-0.2, -0.15) is 0 Å². The van der Waals surface area contributed by atoms with E-state index < -0.39 is 0 Å². The zero-order chi connectivity index (χ0) is 14.3. The molecule has 0 heterocycles. The van der Waals surface area contributed by atoms with E-state index in [4.69, 9.17) is 4.74 Å². The first kappa shape index (κ1) is 15.5. The summed E-state index contributed by atoms with van der Waals surface area (Å²) >= 11 is 0. The maximum Gasteiger partial charge on any atom is 0.224 e. The fourth-order valence-electron chi connectivity index (χ4n) is 1.76. The van der Waals surface area contributed by atoms with E-state index in [-0.39, 0.29) is 24.1 Å². The first-order valence-corrected chi connectivity index (χ1v) is 6.68. The number of benzene rings is 1. The number of rotatable bonds is 7. The zero-order valence-electron chi connectivity index (χ0n) is 11.8. The van der Waals surface area contributed by atoms with Crippen LogP contribution in [-0.4, -0.2) is 30.3 Å². The fourth-order valence-corrected chi connectivity index (χ4v) is 1.76. The molecule has 19 heavy (non-hydrogen) atoms. The van der Waals surface area contributed by atoms with E-state index in [1.165, 1.54) is 0 Å². The van der Waals surface area contributed by atoms with Crippen molar-refractivity contribution in [2.75, 3.05) is 13.2 Å². The van der Waals surface area contributed by atoms with E-state index in [2.05, 4.69) is 19.2 Å². The van der Waals surface area contributed by atoms with Crippen LogP contribution in [0.4, 0.5) is 0 Å². The molecule has 1 aromatic rings. The van der Waals surface area contributed by atoms with Gasteiger partial charge in [0.05, 0.1) is 19.1 Å². The molecule has 0 fully saturated rings. The Morgan fingerprint density at radius 3 is 2.74 bits per heavy atom. The van der Waals surface area contributed by atoms with Gasteiger partial charge >= 0.3 is 0 Å². The van der Waals surface area contributed by atoms with Gasteiger partial charge in [0.2, 0.25) is 5.91 Å². The first-order chi connectivity index (χ1) is 9.02. The third-order valence-corrected chi connectivity index (χ3v) is 2.93. The molecule has 1 atom stereocenters. The van der Waals surface area contributed by atoms with E-state index in [1.54, 1.807) is 18.2 Å². The lowest BCUT2D eigenvalue weighted by Crippen LogP contribution is -2.42. The van der Waals surface area contributed by atoms with Crippen molar-refractivity contribution in [3.63, 3.8) is 0 Å². The maximum absolute atomic E-state index is 12.0. The molecule has 4 heteroatoms. The van der Waals surface area contributed by atoms with E-state index in [9.17, 15) is 9.90 Å². The summed E-state index contributed by atoms with van der Waals surface area (Å²) < 4.78 is 5.37. The van der Waals surface area contributed by atoms with E-state index in [1.807, 2.05) is 13.0 Å². The second-order valence-corrected chi connectivity index (χ2v) is 4.92. The van der Waals surface area contributed by atoms with Crippen molar-refractivity contribution in [2.45, 2.75) is 33.2 Å². The second-order valence-electron chi connectivity index (χ2n) is 4.92. The van der Waals surface area contributed by atoms with Crippen LogP contribution in [-0.2, 0) is 16.0 Å². The standard InChI is InChI=1S/C15H23NO3/c1-4-19-10-14(11(2)3)16-15(18)9-12-6-5-7-13(17)8-12/h5-8,11,14,17H,4,9-10H2,1-3H3,(H,16,18). The van der Waals surface area contributed by atoms with Crippen LogP contribution in [0.15, 0.2) is 24.3 Å². The van der Waals surface area contributed by atoms with Gasteiger partial charge in [0, 0.05) is 6.61 Å². The van der Waals surface area contributed by atoms with Gasteiger partial charge in [0.1, 0.15) is 5.75 Å². The van der Waals surface area contributed by atoms with Crippen LogP contribution < -0.4 is 5.32 Å². The van der Waals surface area contributed by atoms with Crippen molar-refractivity contribution in [1.29, 1.82) is 0 Å². The Hall–Kier alpha value is -1.55. The van der Waals surface area contributed by atoms with Gasteiger partial charge in [-0.1, -0.05) is 26.0 Å². The molecular formula is C15H23NO3. The number of hydrogen-bond acceptors (Lipinski definition) is 3. The van der Waals surface area contributed by atoms with Crippen molar-refractivity contribution in [1.82, 2.24) is 5.32 Å². The summed E-state index contributed by atoms with van der Waals surface area (Å²) in [6.07, 6.45) is 0.268. The summed E-state index contributed by atoms with van der Waals surface area (Å²) in [7, 11) is 0. The van der Waals surface area contributed by atoms with Gasteiger partial charge in [-0.3, -0.25) is 4.79 Å². The van der Waals surface area contributed by atoms with Crippen molar-refractivity contribution < 1.29 is 14.6 Å². The van der Waals surface area contributed by atoms with Crippen LogP contribution in [0, 0.1) is 5.92 Å². The molecule has 0 saturated heterocycles. The molecule has 1 aromatic carbocycles. The minimum atomic E-state index is -0.0518. The number of phenols is 1. The Balaban J connectivity index is 2.52. The average Bonchev–Trinajstić information content (AvgIpc) is 2.34. The lowest BCUT2D eigenvalue weighted by atomic mass is 10.0. The first-order valence-electron chi connectivity index (χ1n) is 6.68. The molecule has 4 nitrogen and oxygen atoms in total. The van der Waals surface area contributed by atoms with Gasteiger partial charge in [0.25, 0.3) is 0 Å². The van der Waals surface area contributed by atoms with Crippen molar-refractivity contribution in [2.24, 2.45) is 5.92 Å². The number of phenolic OH excluding ortho intramolecular Hbond substituents is 1. The third-order valence-electron chi connectivity index (χ3n) is 2.93. The molecule has 0 spiro atoms. The monoisotopic (exact) mass is 265 g/mol. The highest BCUT2D eigenvalue weighted by Gasteiger charge is 2.16. The molecule has 0 aliphatic rings. The van der Waals surface area contributed by atoms with E-state index >= 15 is 0 Å². The van der Waals surface area contributed by atoms with Crippen LogP contribution in [0.3, 0.4) is 0 Å². The number of hydrogen-bond donors (Lipinski definition) is 2. The number of carbonyl (C=O) groups excluding carboxylic acids is 1. The summed E-state index contributed by atoms with van der Waals surface area (Å²) in [6, 6.07) is 6.77. The summed E-state index contributed by atoms with van der Waals surface area (Å²) in [4.78, 5) is 12.0. The van der Waals surface area contributed by atoms with Gasteiger partial charge in [-0.05, 0) is 30.5 Å². The number of amides is 1. The average molecular weight is 265 g/mol. The minimum Gasteiger partial charge on any atom is -0.508 e. The normalized spacial score (nSPS) is 12.4. The van der Waals surface area contributed by atoms with E-state index in [0.717, 1.165) is 5.56 Å². The topological polar surface area (TPSA) is 58.6 Å². The van der Waals surface area contributed by atoms with Crippen molar-refractivity contribution >= 4 is 5.91 Å². The van der Waals surface area contributed by atoms with Crippen LogP contribution in [0.25, 0.3) is 0 Å². The molecule has 1 rings (SSSR count). The van der Waals surface area contributed by atoms with Crippen LogP contribution in [0.1, 0.15) is 26.3 Å². The third kappa shape index (κ3) is 5.75. The fraction of sp³-hybridized carbons (Fsp3) is 0.533. The summed E-state index contributed by atoms with van der Waals surface area (Å²) in [5.74, 6) is 0.448. The molecule has 2 N–H and O–H groups in total. The SMILES string of the molecule is CCOCC(NC(=O)Cc1cccc(O)c1)C(C)C. The molecule has 0 radical (unpaired) electrons. The lowest BCUT2D eigenvalue weighted by Gasteiger charge is -2.22. The van der Waals surface area contributed by atoms with Crippen LogP contribution >= 0.6 is 0 Å². The Kier molecular flexibility index (Phi) is 6.36. The Bertz CT molecular complexity index is 404. The second kappa shape index (κ2) is 7.79. The Labute approximate surface area is 114 Å². The number of nitrogens with one attached hydrogen (secondary N) is 1. The highest BCUT2D eigenvalue weighted by molar-refractivity contribution is 5.79. The minimum absolute atomic E-state index is 0.0183. The largest absolute Gasteiger partial charge is 0.508 e. The van der Waals surface area contributed by atoms with Crippen LogP contribution in [0.5, 0.6) is 5.75 Å². The molecule has 0 aliphatic heterocycles. The maximum atomic E-state index is 12.0.